The van der Waals surface area contributed by atoms with Crippen molar-refractivity contribution in [3.8, 4) is 0 Å². The lowest BCUT2D eigenvalue weighted by Crippen LogP contribution is -2.50. The lowest BCUT2D eigenvalue weighted by atomic mass is 9.93. The van der Waals surface area contributed by atoms with Crippen molar-refractivity contribution in [2.24, 2.45) is 5.92 Å². The van der Waals surface area contributed by atoms with E-state index >= 15 is 0 Å². The summed E-state index contributed by atoms with van der Waals surface area (Å²) in [5.74, 6) is -0.222. The van der Waals surface area contributed by atoms with E-state index < -0.39 is 0 Å². The molecule has 1 aromatic rings. The van der Waals surface area contributed by atoms with Crippen LogP contribution in [0.15, 0.2) is 30.3 Å². The zero-order valence-corrected chi connectivity index (χ0v) is 10.7. The number of rotatable bonds is 4. The lowest BCUT2D eigenvalue weighted by molar-refractivity contribution is -0.147. The Labute approximate surface area is 108 Å². The Morgan fingerprint density at radius 3 is 2.94 bits per heavy atom. The van der Waals surface area contributed by atoms with Crippen LogP contribution in [0.4, 0.5) is 0 Å². The highest BCUT2D eigenvalue weighted by Crippen LogP contribution is 2.14. The van der Waals surface area contributed by atoms with Gasteiger partial charge in [-0.1, -0.05) is 30.3 Å². The van der Waals surface area contributed by atoms with E-state index in [9.17, 15) is 4.79 Å². The molecule has 0 aromatic heterocycles. The van der Waals surface area contributed by atoms with Gasteiger partial charge >= 0.3 is 5.97 Å². The second-order valence-corrected chi connectivity index (χ2v) is 4.60. The fourth-order valence-corrected chi connectivity index (χ4v) is 2.35. The second-order valence-electron chi connectivity index (χ2n) is 4.60. The minimum Gasteiger partial charge on any atom is -0.469 e. The molecule has 18 heavy (non-hydrogen) atoms. The molecule has 0 radical (unpaired) electrons. The molecule has 0 aliphatic carbocycles. The standard InChI is InChI=1S/C14H20N2O2/c1-18-14(17)12-10-15-8-7-13(12)16-9-11-5-3-2-4-6-11/h2-6,12-13,15-16H,7-10H2,1H3/t12-,13+/m1/s1. The average molecular weight is 248 g/mol. The minimum absolute atomic E-state index is 0.0903. The maximum atomic E-state index is 11.7. The van der Waals surface area contributed by atoms with Gasteiger partial charge in [0.1, 0.15) is 0 Å². The number of carbonyl (C=O) groups excluding carboxylic acids is 1. The van der Waals surface area contributed by atoms with Gasteiger partial charge in [0.2, 0.25) is 0 Å². The van der Waals surface area contributed by atoms with Crippen LogP contribution in [0.5, 0.6) is 0 Å². The third kappa shape index (κ3) is 3.31. The first-order valence-corrected chi connectivity index (χ1v) is 6.37. The van der Waals surface area contributed by atoms with Gasteiger partial charge in [0.15, 0.2) is 0 Å². The van der Waals surface area contributed by atoms with Crippen LogP contribution >= 0.6 is 0 Å². The topological polar surface area (TPSA) is 50.4 Å². The number of piperidine rings is 1. The summed E-state index contributed by atoms with van der Waals surface area (Å²) in [5, 5.41) is 6.70. The molecular weight excluding hydrogens is 228 g/mol. The molecule has 1 aliphatic heterocycles. The largest absolute Gasteiger partial charge is 0.469 e. The van der Waals surface area contributed by atoms with Gasteiger partial charge in [-0.25, -0.2) is 0 Å². The highest BCUT2D eigenvalue weighted by Gasteiger charge is 2.31. The van der Waals surface area contributed by atoms with E-state index in [0.717, 1.165) is 19.5 Å². The van der Waals surface area contributed by atoms with E-state index in [1.54, 1.807) is 0 Å². The number of hydrogen-bond acceptors (Lipinski definition) is 4. The first-order chi connectivity index (χ1) is 8.81. The van der Waals surface area contributed by atoms with Crippen molar-refractivity contribution in [2.45, 2.75) is 19.0 Å². The zero-order chi connectivity index (χ0) is 12.8. The molecule has 1 saturated heterocycles. The van der Waals surface area contributed by atoms with E-state index in [2.05, 4.69) is 22.8 Å². The van der Waals surface area contributed by atoms with Gasteiger partial charge in [0.05, 0.1) is 13.0 Å². The van der Waals surface area contributed by atoms with Crippen molar-refractivity contribution >= 4 is 5.97 Å². The van der Waals surface area contributed by atoms with E-state index in [-0.39, 0.29) is 17.9 Å². The van der Waals surface area contributed by atoms with Crippen LogP contribution in [0.2, 0.25) is 0 Å². The van der Waals surface area contributed by atoms with Gasteiger partial charge in [-0.05, 0) is 18.5 Å². The van der Waals surface area contributed by atoms with Crippen LogP contribution < -0.4 is 10.6 Å². The van der Waals surface area contributed by atoms with Crippen LogP contribution in [0, 0.1) is 5.92 Å². The fourth-order valence-electron chi connectivity index (χ4n) is 2.35. The molecule has 0 unspecified atom stereocenters. The van der Waals surface area contributed by atoms with E-state index in [0.29, 0.717) is 6.54 Å². The van der Waals surface area contributed by atoms with Gasteiger partial charge in [0.25, 0.3) is 0 Å². The number of esters is 1. The molecule has 2 atom stereocenters. The molecule has 1 fully saturated rings. The van der Waals surface area contributed by atoms with E-state index in [1.807, 2.05) is 18.2 Å². The summed E-state index contributed by atoms with van der Waals surface area (Å²) >= 11 is 0. The average Bonchev–Trinajstić information content (AvgIpc) is 2.45. The molecule has 4 heteroatoms. The first kappa shape index (κ1) is 13.1. The number of hydrogen-bond donors (Lipinski definition) is 2. The summed E-state index contributed by atoms with van der Waals surface area (Å²) in [4.78, 5) is 11.7. The van der Waals surface area contributed by atoms with Gasteiger partial charge in [-0.15, -0.1) is 0 Å². The van der Waals surface area contributed by atoms with Gasteiger partial charge in [-0.3, -0.25) is 4.79 Å². The summed E-state index contributed by atoms with van der Waals surface area (Å²) in [6.07, 6.45) is 0.951. The van der Waals surface area contributed by atoms with Crippen LogP contribution in [0.3, 0.4) is 0 Å². The SMILES string of the molecule is COC(=O)[C@@H]1CNCC[C@@H]1NCc1ccccc1. The maximum absolute atomic E-state index is 11.7. The predicted octanol–water partition coefficient (Wildman–Crippen LogP) is 0.927. The van der Waals surface area contributed by atoms with Crippen molar-refractivity contribution in [3.63, 3.8) is 0 Å². The van der Waals surface area contributed by atoms with Gasteiger partial charge in [-0.2, -0.15) is 0 Å². The molecule has 1 heterocycles. The number of methoxy groups -OCH3 is 1. The number of benzene rings is 1. The predicted molar refractivity (Wildman–Crippen MR) is 70.1 cm³/mol. The van der Waals surface area contributed by atoms with Crippen molar-refractivity contribution in [2.75, 3.05) is 20.2 Å². The molecule has 0 saturated carbocycles. The Morgan fingerprint density at radius 2 is 2.22 bits per heavy atom. The monoisotopic (exact) mass is 248 g/mol. The molecule has 2 N–H and O–H groups in total. The first-order valence-electron chi connectivity index (χ1n) is 6.37. The summed E-state index contributed by atoms with van der Waals surface area (Å²) < 4.78 is 4.85. The van der Waals surface area contributed by atoms with Gasteiger partial charge in [0, 0.05) is 19.1 Å². The number of nitrogens with one attached hydrogen (secondary N) is 2. The lowest BCUT2D eigenvalue weighted by Gasteiger charge is -2.31. The van der Waals surface area contributed by atoms with E-state index in [4.69, 9.17) is 4.74 Å². The zero-order valence-electron chi connectivity index (χ0n) is 10.7. The summed E-state index contributed by atoms with van der Waals surface area (Å²) in [5.41, 5.74) is 1.24. The van der Waals surface area contributed by atoms with Crippen molar-refractivity contribution in [1.82, 2.24) is 10.6 Å². The number of carbonyl (C=O) groups is 1. The van der Waals surface area contributed by atoms with E-state index in [1.165, 1.54) is 12.7 Å². The Bertz CT molecular complexity index is 381. The minimum atomic E-state index is -0.132. The molecule has 4 nitrogen and oxygen atoms in total. The maximum Gasteiger partial charge on any atom is 0.311 e. The molecule has 0 amide bonds. The molecule has 1 aliphatic rings. The highest BCUT2D eigenvalue weighted by atomic mass is 16.5. The fraction of sp³-hybridized carbons (Fsp3) is 0.500. The third-order valence-corrected chi connectivity index (χ3v) is 3.40. The smallest absolute Gasteiger partial charge is 0.311 e. The Kier molecular flexibility index (Phi) is 4.73. The summed E-state index contributed by atoms with van der Waals surface area (Å²) in [6, 6.07) is 10.4. The number of ether oxygens (including phenoxy) is 1. The normalized spacial score (nSPS) is 23.6. The summed E-state index contributed by atoms with van der Waals surface area (Å²) in [6.45, 7) is 2.43. The van der Waals surface area contributed by atoms with Crippen molar-refractivity contribution in [3.05, 3.63) is 35.9 Å². The van der Waals surface area contributed by atoms with Crippen molar-refractivity contribution in [1.29, 1.82) is 0 Å². The molecule has 0 bridgehead atoms. The Hall–Kier alpha value is -1.39. The molecule has 1 aromatic carbocycles. The molecular formula is C14H20N2O2. The molecule has 0 spiro atoms. The molecule has 2 rings (SSSR count). The van der Waals surface area contributed by atoms with Crippen molar-refractivity contribution < 1.29 is 9.53 Å². The highest BCUT2D eigenvalue weighted by molar-refractivity contribution is 5.73. The summed E-state index contributed by atoms with van der Waals surface area (Å²) in [7, 11) is 1.45. The van der Waals surface area contributed by atoms with Crippen LogP contribution in [0.25, 0.3) is 0 Å². The van der Waals surface area contributed by atoms with Crippen LogP contribution in [-0.2, 0) is 16.1 Å². The Morgan fingerprint density at radius 1 is 1.44 bits per heavy atom. The second kappa shape index (κ2) is 6.52. The Balaban J connectivity index is 1.91. The van der Waals surface area contributed by atoms with Crippen LogP contribution in [-0.4, -0.2) is 32.2 Å². The van der Waals surface area contributed by atoms with Crippen LogP contribution in [0.1, 0.15) is 12.0 Å². The quantitative estimate of drug-likeness (QED) is 0.778. The molecule has 98 valence electrons. The van der Waals surface area contributed by atoms with Gasteiger partial charge < -0.3 is 15.4 Å². The third-order valence-electron chi connectivity index (χ3n) is 3.40.